The Morgan fingerprint density at radius 3 is 2.56 bits per heavy atom. The number of guanidine groups is 1. The number of nitrogens with one attached hydrogen (secondary N) is 2. The second-order valence-corrected chi connectivity index (χ2v) is 8.63. The lowest BCUT2D eigenvalue weighted by molar-refractivity contribution is 0.0320. The van der Waals surface area contributed by atoms with Crippen molar-refractivity contribution in [2.24, 2.45) is 10.9 Å². The maximum Gasteiger partial charge on any atom is 0.191 e. The first-order chi connectivity index (χ1) is 15.1. The van der Waals surface area contributed by atoms with E-state index in [1.54, 1.807) is 12.1 Å². The summed E-state index contributed by atoms with van der Waals surface area (Å²) in [5.74, 6) is 1.42. The van der Waals surface area contributed by atoms with Crippen molar-refractivity contribution >= 4 is 29.9 Å². The molecule has 2 saturated heterocycles. The van der Waals surface area contributed by atoms with Crippen LogP contribution in [0, 0.1) is 11.7 Å². The quantitative estimate of drug-likeness (QED) is 0.288. The molecule has 9 heteroatoms. The topological polar surface area (TPSA) is 61.4 Å². The zero-order valence-electron chi connectivity index (χ0n) is 19.6. The van der Waals surface area contributed by atoms with E-state index < -0.39 is 0 Å². The number of likely N-dealkylation sites (tertiary alicyclic amines) is 1. The summed E-state index contributed by atoms with van der Waals surface area (Å²) >= 11 is 0. The van der Waals surface area contributed by atoms with Gasteiger partial charge in [0.2, 0.25) is 0 Å². The van der Waals surface area contributed by atoms with Crippen molar-refractivity contribution in [3.8, 4) is 5.75 Å². The molecule has 2 fully saturated rings. The van der Waals surface area contributed by atoms with Crippen LogP contribution >= 0.6 is 24.0 Å². The first-order valence-electron chi connectivity index (χ1n) is 11.4. The number of nitrogens with zero attached hydrogens (tertiary/aromatic N) is 3. The van der Waals surface area contributed by atoms with Gasteiger partial charge in [0.15, 0.2) is 17.5 Å². The van der Waals surface area contributed by atoms with Crippen LogP contribution in [0.1, 0.15) is 25.3 Å². The molecule has 1 aromatic rings. The molecular weight excluding hydrogens is 524 g/mol. The molecule has 0 spiro atoms. The largest absolute Gasteiger partial charge is 0.494 e. The van der Waals surface area contributed by atoms with Crippen molar-refractivity contribution in [3.63, 3.8) is 0 Å². The number of benzene rings is 1. The Morgan fingerprint density at radius 2 is 1.94 bits per heavy atom. The monoisotopic (exact) mass is 563 g/mol. The van der Waals surface area contributed by atoms with Gasteiger partial charge in [-0.2, -0.15) is 0 Å². The van der Waals surface area contributed by atoms with Gasteiger partial charge < -0.3 is 20.1 Å². The van der Waals surface area contributed by atoms with Crippen LogP contribution in [0.4, 0.5) is 4.39 Å². The second-order valence-electron chi connectivity index (χ2n) is 8.63. The van der Waals surface area contributed by atoms with Gasteiger partial charge in [0, 0.05) is 58.9 Å². The average Bonchev–Trinajstić information content (AvgIpc) is 2.78. The standard InChI is InChI=1S/C23H38FN5O2.HI/c1-18(16-29-10-12-31-13-11-29)15-26-23(25-2)27-20-6-8-28(9-7-20)17-19-4-5-22(30-3)21(24)14-19;/h4-5,14,18,20H,6-13,15-17H2,1-3H3,(H2,25,26,27);1H. The molecule has 1 atom stereocenters. The van der Waals surface area contributed by atoms with E-state index in [2.05, 4.69) is 32.3 Å². The van der Waals surface area contributed by atoms with E-state index in [4.69, 9.17) is 9.47 Å². The third kappa shape index (κ3) is 8.64. The molecule has 0 radical (unpaired) electrons. The highest BCUT2D eigenvalue weighted by Gasteiger charge is 2.21. The smallest absolute Gasteiger partial charge is 0.191 e. The van der Waals surface area contributed by atoms with Crippen molar-refractivity contribution in [2.75, 3.05) is 66.6 Å². The van der Waals surface area contributed by atoms with Crippen LogP contribution in [0.5, 0.6) is 5.75 Å². The number of hydrogen-bond donors (Lipinski definition) is 2. The van der Waals surface area contributed by atoms with E-state index >= 15 is 0 Å². The summed E-state index contributed by atoms with van der Waals surface area (Å²) in [6, 6.07) is 5.63. The van der Waals surface area contributed by atoms with E-state index in [1.165, 1.54) is 7.11 Å². The highest BCUT2D eigenvalue weighted by molar-refractivity contribution is 14.0. The average molecular weight is 564 g/mol. The number of rotatable bonds is 8. The molecule has 2 aliphatic rings. The van der Waals surface area contributed by atoms with Crippen LogP contribution in [0.3, 0.4) is 0 Å². The van der Waals surface area contributed by atoms with Crippen LogP contribution in [-0.2, 0) is 11.3 Å². The zero-order chi connectivity index (χ0) is 22.1. The van der Waals surface area contributed by atoms with E-state index in [0.29, 0.717) is 17.7 Å². The highest BCUT2D eigenvalue weighted by Crippen LogP contribution is 2.20. The van der Waals surface area contributed by atoms with Gasteiger partial charge in [0.1, 0.15) is 0 Å². The van der Waals surface area contributed by atoms with Crippen molar-refractivity contribution in [1.29, 1.82) is 0 Å². The van der Waals surface area contributed by atoms with Gasteiger partial charge in [-0.05, 0) is 36.5 Å². The summed E-state index contributed by atoms with van der Waals surface area (Å²) in [5, 5.41) is 7.06. The van der Waals surface area contributed by atoms with Gasteiger partial charge in [0.05, 0.1) is 20.3 Å². The van der Waals surface area contributed by atoms with Crippen molar-refractivity contribution in [3.05, 3.63) is 29.6 Å². The molecule has 0 amide bonds. The van der Waals surface area contributed by atoms with Crippen LogP contribution < -0.4 is 15.4 Å². The Morgan fingerprint density at radius 1 is 1.22 bits per heavy atom. The number of piperidine rings is 1. The summed E-state index contributed by atoms with van der Waals surface area (Å²) in [6.07, 6.45) is 2.09. The summed E-state index contributed by atoms with van der Waals surface area (Å²) < 4.78 is 24.4. The van der Waals surface area contributed by atoms with Crippen LogP contribution in [0.15, 0.2) is 23.2 Å². The Labute approximate surface area is 209 Å². The van der Waals surface area contributed by atoms with Gasteiger partial charge in [0.25, 0.3) is 0 Å². The number of halogens is 2. The molecule has 7 nitrogen and oxygen atoms in total. The summed E-state index contributed by atoms with van der Waals surface area (Å²) in [6.45, 7) is 10.7. The number of hydrogen-bond acceptors (Lipinski definition) is 5. The fourth-order valence-corrected chi connectivity index (χ4v) is 4.25. The second kappa shape index (κ2) is 14.2. The van der Waals surface area contributed by atoms with Crippen LogP contribution in [0.25, 0.3) is 0 Å². The molecule has 0 aromatic heterocycles. The van der Waals surface area contributed by atoms with Crippen LogP contribution in [-0.4, -0.2) is 88.4 Å². The Balaban J connectivity index is 0.00000363. The third-order valence-electron chi connectivity index (χ3n) is 6.07. The van der Waals surface area contributed by atoms with E-state index in [-0.39, 0.29) is 29.8 Å². The molecule has 0 bridgehead atoms. The molecule has 182 valence electrons. The molecule has 0 saturated carbocycles. The molecular formula is C23H39FIN5O2. The minimum atomic E-state index is -0.297. The molecule has 2 N–H and O–H groups in total. The summed E-state index contributed by atoms with van der Waals surface area (Å²) in [7, 11) is 3.32. The number of methoxy groups -OCH3 is 1. The van der Waals surface area contributed by atoms with E-state index in [0.717, 1.165) is 83.4 Å². The molecule has 2 aliphatic heterocycles. The summed E-state index contributed by atoms with van der Waals surface area (Å²) in [5.41, 5.74) is 0.983. The minimum Gasteiger partial charge on any atom is -0.494 e. The predicted octanol–water partition coefficient (Wildman–Crippen LogP) is 2.55. The molecule has 1 aromatic carbocycles. The SMILES string of the molecule is CN=C(NCC(C)CN1CCOCC1)NC1CCN(Cc2ccc(OC)c(F)c2)CC1.I. The van der Waals surface area contributed by atoms with Gasteiger partial charge in [-0.15, -0.1) is 24.0 Å². The maximum absolute atomic E-state index is 13.9. The summed E-state index contributed by atoms with van der Waals surface area (Å²) in [4.78, 5) is 9.25. The van der Waals surface area contributed by atoms with Gasteiger partial charge in [-0.25, -0.2) is 4.39 Å². The lowest BCUT2D eigenvalue weighted by Gasteiger charge is -2.33. The lowest BCUT2D eigenvalue weighted by Crippen LogP contribution is -2.49. The maximum atomic E-state index is 13.9. The molecule has 32 heavy (non-hydrogen) atoms. The number of aliphatic imine (C=N–C) groups is 1. The molecule has 3 rings (SSSR count). The Bertz CT molecular complexity index is 710. The highest BCUT2D eigenvalue weighted by atomic mass is 127. The lowest BCUT2D eigenvalue weighted by atomic mass is 10.0. The van der Waals surface area contributed by atoms with Gasteiger partial charge >= 0.3 is 0 Å². The fourth-order valence-electron chi connectivity index (χ4n) is 4.25. The third-order valence-corrected chi connectivity index (χ3v) is 6.07. The van der Waals surface area contributed by atoms with E-state index in [9.17, 15) is 4.39 Å². The Hall–Kier alpha value is -1.17. The minimum absolute atomic E-state index is 0. The van der Waals surface area contributed by atoms with E-state index in [1.807, 2.05) is 13.1 Å². The van der Waals surface area contributed by atoms with Gasteiger partial charge in [-0.1, -0.05) is 13.0 Å². The Kier molecular flexibility index (Phi) is 12.0. The van der Waals surface area contributed by atoms with Crippen molar-refractivity contribution in [1.82, 2.24) is 20.4 Å². The molecule has 0 aliphatic carbocycles. The molecule has 1 unspecified atom stereocenters. The number of ether oxygens (including phenoxy) is 2. The van der Waals surface area contributed by atoms with Crippen LogP contribution in [0.2, 0.25) is 0 Å². The van der Waals surface area contributed by atoms with Crippen molar-refractivity contribution < 1.29 is 13.9 Å². The first kappa shape index (κ1) is 27.1. The first-order valence-corrected chi connectivity index (χ1v) is 11.4. The normalized spacial score (nSPS) is 19.8. The number of morpholine rings is 1. The predicted molar refractivity (Wildman–Crippen MR) is 138 cm³/mol. The van der Waals surface area contributed by atoms with Gasteiger partial charge in [-0.3, -0.25) is 14.8 Å². The van der Waals surface area contributed by atoms with Crippen molar-refractivity contribution in [2.45, 2.75) is 32.4 Å². The molecule has 2 heterocycles. The fraction of sp³-hybridized carbons (Fsp3) is 0.696. The zero-order valence-corrected chi connectivity index (χ0v) is 21.9.